The Kier molecular flexibility index (Phi) is 5.54. The second-order valence-electron chi connectivity index (χ2n) is 1.95. The van der Waals surface area contributed by atoms with Crippen molar-refractivity contribution in [3.05, 3.63) is 0 Å². The van der Waals surface area contributed by atoms with Crippen molar-refractivity contribution in [2.24, 2.45) is 5.92 Å². The summed E-state index contributed by atoms with van der Waals surface area (Å²) in [5, 5.41) is 9.86. The molecule has 0 aliphatic heterocycles. The fraction of sp³-hybridized carbons (Fsp3) is 1.00. The lowest BCUT2D eigenvalue weighted by molar-refractivity contribution is -0.101. The van der Waals surface area contributed by atoms with Crippen LogP contribution in [0.25, 0.3) is 0 Å². The zero-order valence-corrected chi connectivity index (χ0v) is 7.39. The number of rotatable bonds is 4. The van der Waals surface area contributed by atoms with Crippen molar-refractivity contribution >= 4 is 23.8 Å². The minimum absolute atomic E-state index is 0.218. The molecule has 0 aromatic carbocycles. The third kappa shape index (κ3) is 3.23. The lowest BCUT2D eigenvalue weighted by Crippen LogP contribution is -2.22. The van der Waals surface area contributed by atoms with Crippen LogP contribution in [0, 0.1) is 5.92 Å². The molecule has 2 nitrogen and oxygen atoms in total. The van der Waals surface area contributed by atoms with E-state index in [0.717, 1.165) is 11.7 Å². The highest BCUT2D eigenvalue weighted by Crippen LogP contribution is 2.10. The maximum Gasteiger partial charge on any atom is 0.157 e. The quantitative estimate of drug-likeness (QED) is 0.389. The summed E-state index contributed by atoms with van der Waals surface area (Å²) in [5.41, 5.74) is 0. The molecule has 2 atom stereocenters. The van der Waals surface area contributed by atoms with Crippen LogP contribution in [-0.2, 0) is 4.74 Å². The van der Waals surface area contributed by atoms with E-state index >= 15 is 0 Å². The van der Waals surface area contributed by atoms with E-state index < -0.39 is 6.29 Å². The highest BCUT2D eigenvalue weighted by Gasteiger charge is 2.13. The molecular weight excluding hydrogens is 183 g/mol. The highest BCUT2D eigenvalue weighted by molar-refractivity contribution is 9.09. The largest absolute Gasteiger partial charge is 0.368 e. The molecule has 0 fully saturated rings. The van der Waals surface area contributed by atoms with Gasteiger partial charge in [0.15, 0.2) is 6.29 Å². The van der Waals surface area contributed by atoms with Gasteiger partial charge in [0.05, 0.1) is 0 Å². The van der Waals surface area contributed by atoms with E-state index in [4.69, 9.17) is 9.84 Å². The average molecular weight is 195 g/mol. The van der Waals surface area contributed by atoms with Crippen LogP contribution in [0.15, 0.2) is 0 Å². The first kappa shape index (κ1) is 9.46. The molecule has 0 aromatic heterocycles. The molecule has 0 amide bonds. The Morgan fingerprint density at radius 1 is 1.78 bits per heavy atom. The van der Waals surface area contributed by atoms with Gasteiger partial charge in [0.2, 0.25) is 0 Å². The van der Waals surface area contributed by atoms with E-state index in [0.29, 0.717) is 0 Å². The van der Waals surface area contributed by atoms with Crippen LogP contribution in [-0.4, -0.2) is 31.7 Å². The van der Waals surface area contributed by atoms with Crippen molar-refractivity contribution in [1.29, 1.82) is 0 Å². The minimum Gasteiger partial charge on any atom is -0.368 e. The van der Waals surface area contributed by atoms with E-state index in [9.17, 15) is 0 Å². The molecule has 0 radical (unpaired) electrons. The van der Waals surface area contributed by atoms with E-state index in [1.165, 1.54) is 7.11 Å². The number of aliphatic hydroxyl groups is 1. The van der Waals surface area contributed by atoms with Gasteiger partial charge in [0.25, 0.3) is 0 Å². The van der Waals surface area contributed by atoms with Crippen molar-refractivity contribution in [2.45, 2.75) is 12.6 Å². The summed E-state index contributed by atoms with van der Waals surface area (Å²) < 4.78 is 4.72. The first-order valence-corrected chi connectivity index (χ1v) is 4.15. The zero-order chi connectivity index (χ0) is 7.28. The molecule has 0 aromatic rings. The van der Waals surface area contributed by atoms with E-state index in [-0.39, 0.29) is 5.92 Å². The van der Waals surface area contributed by atoms with Gasteiger partial charge in [-0.25, -0.2) is 0 Å². The van der Waals surface area contributed by atoms with Crippen LogP contribution in [0.3, 0.4) is 0 Å². The van der Waals surface area contributed by atoms with Gasteiger partial charge < -0.3 is 9.84 Å². The normalized spacial score (nSPS) is 17.2. The molecule has 0 saturated carbocycles. The van der Waals surface area contributed by atoms with E-state index in [1.54, 1.807) is 0 Å². The molecule has 2 unspecified atom stereocenters. The molecule has 0 saturated heterocycles. The molecule has 9 heavy (non-hydrogen) atoms. The molecule has 0 heterocycles. The van der Waals surface area contributed by atoms with Gasteiger partial charge in [0.1, 0.15) is 7.85 Å². The number of halogens is 1. The first-order chi connectivity index (χ1) is 4.26. The molecule has 1 N–H and O–H groups in total. The second-order valence-corrected chi connectivity index (χ2v) is 2.60. The maximum absolute atomic E-state index is 9.07. The predicted octanol–water partition coefficient (Wildman–Crippen LogP) is 0.0137. The second kappa shape index (κ2) is 5.27. The Bertz CT molecular complexity index is 68.0. The van der Waals surface area contributed by atoms with Crippen LogP contribution >= 0.6 is 15.9 Å². The molecule has 54 valence electrons. The maximum atomic E-state index is 9.07. The van der Waals surface area contributed by atoms with Crippen LogP contribution in [0.5, 0.6) is 0 Å². The number of methoxy groups -OCH3 is 1. The average Bonchev–Trinajstić information content (AvgIpc) is 1.90. The molecule has 0 aliphatic rings. The van der Waals surface area contributed by atoms with Gasteiger partial charge in [0, 0.05) is 18.4 Å². The number of hydrogen-bond donors (Lipinski definition) is 1. The predicted molar refractivity (Wildman–Crippen MR) is 43.7 cm³/mol. The van der Waals surface area contributed by atoms with Gasteiger partial charge in [-0.2, -0.15) is 0 Å². The summed E-state index contributed by atoms with van der Waals surface area (Å²) in [7, 11) is 3.53. The van der Waals surface area contributed by atoms with Crippen LogP contribution < -0.4 is 0 Å². The monoisotopic (exact) mass is 194 g/mol. The van der Waals surface area contributed by atoms with Crippen molar-refractivity contribution in [1.82, 2.24) is 0 Å². The fourth-order valence-electron chi connectivity index (χ4n) is 0.579. The van der Waals surface area contributed by atoms with Gasteiger partial charge in [-0.3, -0.25) is 0 Å². The molecule has 0 aliphatic carbocycles. The molecular formula is C5H12BBrO2. The van der Waals surface area contributed by atoms with Crippen molar-refractivity contribution < 1.29 is 9.84 Å². The summed E-state index contributed by atoms with van der Waals surface area (Å²) in [4.78, 5) is 0. The third-order valence-electron chi connectivity index (χ3n) is 1.37. The summed E-state index contributed by atoms with van der Waals surface area (Å²) in [6.45, 7) is 0. The van der Waals surface area contributed by atoms with Crippen LogP contribution in [0.4, 0.5) is 0 Å². The van der Waals surface area contributed by atoms with E-state index in [1.807, 2.05) is 7.85 Å². The lowest BCUT2D eigenvalue weighted by atomic mass is 9.92. The van der Waals surface area contributed by atoms with Gasteiger partial charge in [-0.1, -0.05) is 22.3 Å². The third-order valence-corrected chi connectivity index (χ3v) is 2.20. The Morgan fingerprint density at radius 2 is 2.33 bits per heavy atom. The summed E-state index contributed by atoms with van der Waals surface area (Å²) in [6.07, 6.45) is 0.314. The summed E-state index contributed by atoms with van der Waals surface area (Å²) in [5.74, 6) is 0.218. The number of ether oxygens (including phenoxy) is 1. The molecule has 0 rings (SSSR count). The summed E-state index contributed by atoms with van der Waals surface area (Å²) in [6, 6.07) is 0. The SMILES string of the molecule is BCC(CBr)C(O)OC. The molecule has 0 spiro atoms. The van der Waals surface area contributed by atoms with Gasteiger partial charge in [-0.15, -0.1) is 0 Å². The zero-order valence-electron chi connectivity index (χ0n) is 5.80. The van der Waals surface area contributed by atoms with Gasteiger partial charge >= 0.3 is 0 Å². The number of aliphatic hydroxyl groups excluding tert-OH is 1. The summed E-state index contributed by atoms with van der Waals surface area (Å²) >= 11 is 3.28. The minimum atomic E-state index is -0.616. The van der Waals surface area contributed by atoms with Crippen LogP contribution in [0.2, 0.25) is 6.32 Å². The lowest BCUT2D eigenvalue weighted by Gasteiger charge is -2.16. The smallest absolute Gasteiger partial charge is 0.157 e. The highest BCUT2D eigenvalue weighted by atomic mass is 79.9. The van der Waals surface area contributed by atoms with Crippen molar-refractivity contribution in [3.63, 3.8) is 0 Å². The first-order valence-electron chi connectivity index (χ1n) is 3.03. The van der Waals surface area contributed by atoms with Crippen LogP contribution in [0.1, 0.15) is 0 Å². The van der Waals surface area contributed by atoms with Crippen molar-refractivity contribution in [3.8, 4) is 0 Å². The molecule has 0 bridgehead atoms. The van der Waals surface area contributed by atoms with Gasteiger partial charge in [-0.05, 0) is 0 Å². The standard InChI is InChI=1S/C5H12BBrO2/c1-9-5(8)4(2-6)3-7/h4-5,8H,2-3,6H2,1H3. The Labute approximate surface area is 65.1 Å². The molecule has 4 heteroatoms. The number of hydrogen-bond acceptors (Lipinski definition) is 2. The fourth-order valence-corrected chi connectivity index (χ4v) is 1.36. The van der Waals surface area contributed by atoms with Crippen molar-refractivity contribution in [2.75, 3.05) is 12.4 Å². The topological polar surface area (TPSA) is 29.5 Å². The Morgan fingerprint density at radius 3 is 2.44 bits per heavy atom. The van der Waals surface area contributed by atoms with E-state index in [2.05, 4.69) is 15.9 Å². The Hall–Kier alpha value is 0.465. The Balaban J connectivity index is 3.50. The number of alkyl halides is 1.